The zero-order valence-corrected chi connectivity index (χ0v) is 10.7. The third-order valence-corrected chi connectivity index (χ3v) is 4.00. The van der Waals surface area contributed by atoms with Crippen molar-refractivity contribution in [3.05, 3.63) is 29.3 Å². The Morgan fingerprint density at radius 3 is 3.17 bits per heavy atom. The lowest BCUT2D eigenvalue weighted by atomic mass is 9.93. The summed E-state index contributed by atoms with van der Waals surface area (Å²) >= 11 is 0. The summed E-state index contributed by atoms with van der Waals surface area (Å²) < 4.78 is 5.51. The highest BCUT2D eigenvalue weighted by molar-refractivity contribution is 5.39. The van der Waals surface area contributed by atoms with Crippen molar-refractivity contribution in [1.82, 2.24) is 5.32 Å². The molecule has 1 aliphatic carbocycles. The first-order valence-electron chi connectivity index (χ1n) is 6.97. The summed E-state index contributed by atoms with van der Waals surface area (Å²) in [6.07, 6.45) is 5.11. The highest BCUT2D eigenvalue weighted by Gasteiger charge is 2.19. The molecule has 3 rings (SSSR count). The summed E-state index contributed by atoms with van der Waals surface area (Å²) in [6.45, 7) is 1.71. The Morgan fingerprint density at radius 1 is 1.33 bits per heavy atom. The maximum absolute atomic E-state index is 9.65. The molecule has 0 amide bonds. The molecule has 98 valence electrons. The van der Waals surface area contributed by atoms with Gasteiger partial charge in [-0.15, -0.1) is 0 Å². The standard InChI is InChI=1S/C15H21NO2/c17-14-3-1-2-13(9-14)16-10-11-4-5-15-12(8-11)6-7-18-15/h4-5,8,13-14,16-17H,1-3,6-7,9-10H2. The van der Waals surface area contributed by atoms with E-state index in [0.29, 0.717) is 6.04 Å². The zero-order chi connectivity index (χ0) is 12.4. The van der Waals surface area contributed by atoms with E-state index in [-0.39, 0.29) is 6.10 Å². The number of rotatable bonds is 3. The Bertz CT molecular complexity index is 419. The third-order valence-electron chi connectivity index (χ3n) is 4.00. The van der Waals surface area contributed by atoms with Crippen LogP contribution in [0.2, 0.25) is 0 Å². The first-order chi connectivity index (χ1) is 8.81. The highest BCUT2D eigenvalue weighted by Crippen LogP contribution is 2.26. The van der Waals surface area contributed by atoms with E-state index in [0.717, 1.165) is 44.6 Å². The van der Waals surface area contributed by atoms with Gasteiger partial charge in [-0.05, 0) is 42.9 Å². The van der Waals surface area contributed by atoms with Crippen LogP contribution in [0.25, 0.3) is 0 Å². The summed E-state index contributed by atoms with van der Waals surface area (Å²) in [4.78, 5) is 0. The second-order valence-electron chi connectivity index (χ2n) is 5.44. The largest absolute Gasteiger partial charge is 0.493 e. The number of fused-ring (bicyclic) bond motifs is 1. The SMILES string of the molecule is OC1CCCC(NCc2ccc3c(c2)CCO3)C1. The van der Waals surface area contributed by atoms with Crippen LogP contribution in [0.15, 0.2) is 18.2 Å². The van der Waals surface area contributed by atoms with E-state index in [9.17, 15) is 5.11 Å². The van der Waals surface area contributed by atoms with Crippen LogP contribution < -0.4 is 10.1 Å². The minimum atomic E-state index is -0.107. The number of aliphatic hydroxyl groups is 1. The smallest absolute Gasteiger partial charge is 0.122 e. The van der Waals surface area contributed by atoms with Crippen LogP contribution in [0.1, 0.15) is 36.8 Å². The first kappa shape index (κ1) is 12.0. The molecular weight excluding hydrogens is 226 g/mol. The summed E-state index contributed by atoms with van der Waals surface area (Å²) in [5.74, 6) is 1.05. The molecule has 18 heavy (non-hydrogen) atoms. The van der Waals surface area contributed by atoms with Crippen molar-refractivity contribution >= 4 is 0 Å². The van der Waals surface area contributed by atoms with Gasteiger partial charge in [0.1, 0.15) is 5.75 Å². The number of aliphatic hydroxyl groups excluding tert-OH is 1. The van der Waals surface area contributed by atoms with Crippen molar-refractivity contribution in [3.8, 4) is 5.75 Å². The molecule has 2 atom stereocenters. The van der Waals surface area contributed by atoms with Gasteiger partial charge in [-0.1, -0.05) is 12.1 Å². The van der Waals surface area contributed by atoms with Gasteiger partial charge in [0, 0.05) is 19.0 Å². The molecule has 1 aromatic rings. The summed E-state index contributed by atoms with van der Waals surface area (Å²) in [5.41, 5.74) is 2.65. The van der Waals surface area contributed by atoms with Crippen LogP contribution in [-0.4, -0.2) is 23.9 Å². The highest BCUT2D eigenvalue weighted by atomic mass is 16.5. The predicted molar refractivity (Wildman–Crippen MR) is 70.7 cm³/mol. The van der Waals surface area contributed by atoms with Gasteiger partial charge in [0.2, 0.25) is 0 Å². The molecule has 0 bridgehead atoms. The summed E-state index contributed by atoms with van der Waals surface area (Å²) in [7, 11) is 0. The molecule has 1 fully saturated rings. The summed E-state index contributed by atoms with van der Waals surface area (Å²) in [5, 5.41) is 13.2. The minimum Gasteiger partial charge on any atom is -0.493 e. The molecule has 1 heterocycles. The molecule has 1 aromatic carbocycles. The van der Waals surface area contributed by atoms with Gasteiger partial charge in [0.15, 0.2) is 0 Å². The molecule has 0 spiro atoms. The number of nitrogens with one attached hydrogen (secondary N) is 1. The number of benzene rings is 1. The molecule has 3 heteroatoms. The lowest BCUT2D eigenvalue weighted by Gasteiger charge is -2.26. The van der Waals surface area contributed by atoms with Gasteiger partial charge in [-0.2, -0.15) is 0 Å². The van der Waals surface area contributed by atoms with E-state index < -0.39 is 0 Å². The van der Waals surface area contributed by atoms with Gasteiger partial charge in [0.05, 0.1) is 12.7 Å². The molecule has 0 saturated heterocycles. The number of ether oxygens (including phenoxy) is 1. The lowest BCUT2D eigenvalue weighted by Crippen LogP contribution is -2.35. The number of hydrogen-bond donors (Lipinski definition) is 2. The van der Waals surface area contributed by atoms with Crippen LogP contribution in [0.4, 0.5) is 0 Å². The van der Waals surface area contributed by atoms with Crippen LogP contribution in [-0.2, 0) is 13.0 Å². The molecule has 3 nitrogen and oxygen atoms in total. The van der Waals surface area contributed by atoms with Gasteiger partial charge >= 0.3 is 0 Å². The van der Waals surface area contributed by atoms with E-state index in [2.05, 4.69) is 23.5 Å². The second-order valence-corrected chi connectivity index (χ2v) is 5.44. The zero-order valence-electron chi connectivity index (χ0n) is 10.7. The van der Waals surface area contributed by atoms with Crippen molar-refractivity contribution in [1.29, 1.82) is 0 Å². The maximum atomic E-state index is 9.65. The molecule has 0 radical (unpaired) electrons. The molecule has 0 aromatic heterocycles. The topological polar surface area (TPSA) is 41.5 Å². The van der Waals surface area contributed by atoms with Crippen molar-refractivity contribution in [3.63, 3.8) is 0 Å². The van der Waals surface area contributed by atoms with Crippen LogP contribution >= 0.6 is 0 Å². The fourth-order valence-electron chi connectivity index (χ4n) is 2.96. The van der Waals surface area contributed by atoms with Crippen molar-refractivity contribution in [2.45, 2.75) is 50.8 Å². The van der Waals surface area contributed by atoms with Crippen LogP contribution in [0.5, 0.6) is 5.75 Å². The van der Waals surface area contributed by atoms with Crippen molar-refractivity contribution in [2.24, 2.45) is 0 Å². The Morgan fingerprint density at radius 2 is 2.28 bits per heavy atom. The van der Waals surface area contributed by atoms with Gasteiger partial charge < -0.3 is 15.2 Å². The molecular formula is C15H21NO2. The lowest BCUT2D eigenvalue weighted by molar-refractivity contribution is 0.111. The quantitative estimate of drug-likeness (QED) is 0.858. The maximum Gasteiger partial charge on any atom is 0.122 e. The average Bonchev–Trinajstić information content (AvgIpc) is 2.84. The van der Waals surface area contributed by atoms with E-state index >= 15 is 0 Å². The Balaban J connectivity index is 1.56. The van der Waals surface area contributed by atoms with Gasteiger partial charge in [-0.25, -0.2) is 0 Å². The Kier molecular flexibility index (Phi) is 3.52. The second kappa shape index (κ2) is 5.29. The first-order valence-corrected chi connectivity index (χ1v) is 6.97. The van der Waals surface area contributed by atoms with Crippen LogP contribution in [0.3, 0.4) is 0 Å². The molecule has 2 aliphatic rings. The van der Waals surface area contributed by atoms with Crippen molar-refractivity contribution < 1.29 is 9.84 Å². The van der Waals surface area contributed by atoms with E-state index in [4.69, 9.17) is 4.74 Å². The van der Waals surface area contributed by atoms with Crippen LogP contribution in [0, 0.1) is 0 Å². The Labute approximate surface area is 108 Å². The van der Waals surface area contributed by atoms with Crippen molar-refractivity contribution in [2.75, 3.05) is 6.61 Å². The Hall–Kier alpha value is -1.06. The van der Waals surface area contributed by atoms with E-state index in [1.807, 2.05) is 0 Å². The monoisotopic (exact) mass is 247 g/mol. The number of hydrogen-bond acceptors (Lipinski definition) is 3. The average molecular weight is 247 g/mol. The minimum absolute atomic E-state index is 0.107. The molecule has 2 N–H and O–H groups in total. The fraction of sp³-hybridized carbons (Fsp3) is 0.600. The van der Waals surface area contributed by atoms with Gasteiger partial charge in [0.25, 0.3) is 0 Å². The predicted octanol–water partition coefficient (Wildman–Crippen LogP) is 2.01. The molecule has 1 aliphatic heterocycles. The fourth-order valence-corrected chi connectivity index (χ4v) is 2.96. The third kappa shape index (κ3) is 2.68. The molecule has 2 unspecified atom stereocenters. The van der Waals surface area contributed by atoms with Gasteiger partial charge in [-0.3, -0.25) is 0 Å². The molecule has 1 saturated carbocycles. The summed E-state index contributed by atoms with van der Waals surface area (Å²) in [6, 6.07) is 6.93. The van der Waals surface area contributed by atoms with E-state index in [1.54, 1.807) is 0 Å². The van der Waals surface area contributed by atoms with E-state index in [1.165, 1.54) is 17.5 Å². The normalized spacial score (nSPS) is 26.7.